The van der Waals surface area contributed by atoms with Gasteiger partial charge in [-0.25, -0.2) is 8.78 Å². The van der Waals surface area contributed by atoms with E-state index in [9.17, 15) is 13.6 Å². The first-order valence-electron chi connectivity index (χ1n) is 11.0. The Morgan fingerprint density at radius 1 is 0.875 bits per heavy atom. The van der Waals surface area contributed by atoms with Crippen molar-refractivity contribution >= 4 is 5.78 Å². The first kappa shape index (κ1) is 22.3. The van der Waals surface area contributed by atoms with Gasteiger partial charge < -0.3 is 9.64 Å². The summed E-state index contributed by atoms with van der Waals surface area (Å²) >= 11 is 0. The maximum atomic E-state index is 13.2. The number of hydrogen-bond acceptors (Lipinski definition) is 3. The molecule has 0 aliphatic carbocycles. The van der Waals surface area contributed by atoms with Gasteiger partial charge in [0.1, 0.15) is 11.6 Å². The number of ketones is 1. The highest BCUT2D eigenvalue weighted by Crippen LogP contribution is 2.25. The van der Waals surface area contributed by atoms with Crippen molar-refractivity contribution in [2.24, 2.45) is 5.92 Å². The van der Waals surface area contributed by atoms with E-state index in [0.717, 1.165) is 49.2 Å². The minimum atomic E-state index is -0.323. The van der Waals surface area contributed by atoms with Crippen molar-refractivity contribution in [1.29, 1.82) is 0 Å². The lowest BCUT2D eigenvalue weighted by atomic mass is 9.89. The van der Waals surface area contributed by atoms with E-state index >= 15 is 0 Å². The monoisotopic (exact) mass is 435 g/mol. The normalized spacial score (nSPS) is 15.1. The van der Waals surface area contributed by atoms with Crippen molar-refractivity contribution in [2.75, 3.05) is 26.2 Å². The zero-order valence-electron chi connectivity index (χ0n) is 18.0. The smallest absolute Gasteiger partial charge is 0.166 e. The molecular formula is C27H27F2NO2. The van der Waals surface area contributed by atoms with Gasteiger partial charge in [-0.1, -0.05) is 36.4 Å². The van der Waals surface area contributed by atoms with Crippen LogP contribution in [-0.4, -0.2) is 36.9 Å². The Labute approximate surface area is 187 Å². The standard InChI is InChI=1S/C27H27F2NO2/c28-24-9-5-20(6-10-24)26-4-2-1-3-23(26)19-32-18-17-30-15-13-22(14-16-30)27(31)21-7-11-25(29)12-8-21/h1-12,22H,13-19H2. The number of carbonyl (C=O) groups excluding carboxylic acids is 1. The van der Waals surface area contributed by atoms with Crippen molar-refractivity contribution in [3.63, 3.8) is 0 Å². The van der Waals surface area contributed by atoms with E-state index in [-0.39, 0.29) is 23.3 Å². The van der Waals surface area contributed by atoms with Gasteiger partial charge in [-0.3, -0.25) is 4.79 Å². The largest absolute Gasteiger partial charge is 0.375 e. The topological polar surface area (TPSA) is 29.5 Å². The minimum Gasteiger partial charge on any atom is -0.375 e. The fourth-order valence-corrected chi connectivity index (χ4v) is 4.20. The Kier molecular flexibility index (Phi) is 7.40. The molecule has 1 heterocycles. The number of rotatable bonds is 8. The molecule has 4 rings (SSSR count). The molecule has 1 fully saturated rings. The molecule has 0 spiro atoms. The molecule has 1 aliphatic heterocycles. The van der Waals surface area contributed by atoms with E-state index in [1.807, 2.05) is 24.3 Å². The number of ether oxygens (including phenoxy) is 1. The van der Waals surface area contributed by atoms with E-state index < -0.39 is 0 Å². The summed E-state index contributed by atoms with van der Waals surface area (Å²) in [6.45, 7) is 3.62. The van der Waals surface area contributed by atoms with Crippen molar-refractivity contribution in [3.05, 3.63) is 95.6 Å². The summed E-state index contributed by atoms with van der Waals surface area (Å²) < 4.78 is 32.3. The number of hydrogen-bond donors (Lipinski definition) is 0. The first-order chi connectivity index (χ1) is 15.6. The zero-order chi connectivity index (χ0) is 22.3. The van der Waals surface area contributed by atoms with Crippen LogP contribution in [0, 0.1) is 17.6 Å². The second kappa shape index (κ2) is 10.6. The van der Waals surface area contributed by atoms with Gasteiger partial charge >= 0.3 is 0 Å². The summed E-state index contributed by atoms with van der Waals surface area (Å²) in [4.78, 5) is 14.9. The average Bonchev–Trinajstić information content (AvgIpc) is 2.83. The molecule has 0 unspecified atom stereocenters. The average molecular weight is 436 g/mol. The number of benzene rings is 3. The molecular weight excluding hydrogens is 408 g/mol. The molecule has 0 bridgehead atoms. The van der Waals surface area contributed by atoms with E-state index in [0.29, 0.717) is 18.8 Å². The summed E-state index contributed by atoms with van der Waals surface area (Å²) in [5, 5.41) is 0. The predicted molar refractivity (Wildman–Crippen MR) is 121 cm³/mol. The Bertz CT molecular complexity index is 1030. The van der Waals surface area contributed by atoms with E-state index in [1.54, 1.807) is 24.3 Å². The fraction of sp³-hybridized carbons (Fsp3) is 0.296. The lowest BCUT2D eigenvalue weighted by molar-refractivity contribution is 0.0702. The molecule has 0 saturated carbocycles. The second-order valence-electron chi connectivity index (χ2n) is 8.20. The van der Waals surface area contributed by atoms with Crippen LogP contribution in [0.15, 0.2) is 72.8 Å². The maximum absolute atomic E-state index is 13.2. The highest BCUT2D eigenvalue weighted by molar-refractivity contribution is 5.97. The van der Waals surface area contributed by atoms with Gasteiger partial charge in [-0.2, -0.15) is 0 Å². The molecule has 0 atom stereocenters. The summed E-state index contributed by atoms with van der Waals surface area (Å²) in [6.07, 6.45) is 1.62. The number of nitrogens with zero attached hydrogens (tertiary/aromatic N) is 1. The van der Waals surface area contributed by atoms with Crippen LogP contribution in [0.3, 0.4) is 0 Å². The van der Waals surface area contributed by atoms with E-state index in [4.69, 9.17) is 4.74 Å². The Morgan fingerprint density at radius 3 is 2.19 bits per heavy atom. The highest BCUT2D eigenvalue weighted by atomic mass is 19.1. The number of Topliss-reactive ketones (excluding diaryl/α,β-unsaturated/α-hetero) is 1. The van der Waals surface area contributed by atoms with Crippen molar-refractivity contribution in [2.45, 2.75) is 19.4 Å². The van der Waals surface area contributed by atoms with Crippen LogP contribution in [0.2, 0.25) is 0 Å². The van der Waals surface area contributed by atoms with Gasteiger partial charge in [0.05, 0.1) is 13.2 Å². The van der Waals surface area contributed by atoms with Crippen LogP contribution in [0.25, 0.3) is 11.1 Å². The summed E-state index contributed by atoms with van der Waals surface area (Å²) in [5.74, 6) is -0.458. The third-order valence-corrected chi connectivity index (χ3v) is 6.07. The number of piperidine rings is 1. The molecule has 5 heteroatoms. The van der Waals surface area contributed by atoms with Crippen molar-refractivity contribution in [3.8, 4) is 11.1 Å². The minimum absolute atomic E-state index is 0.000200. The Balaban J connectivity index is 1.22. The van der Waals surface area contributed by atoms with Gasteiger partial charge in [0, 0.05) is 18.0 Å². The Morgan fingerprint density at radius 2 is 1.50 bits per heavy atom. The van der Waals surface area contributed by atoms with E-state index in [1.165, 1.54) is 24.3 Å². The zero-order valence-corrected chi connectivity index (χ0v) is 18.0. The molecule has 32 heavy (non-hydrogen) atoms. The van der Waals surface area contributed by atoms with Crippen LogP contribution in [0.1, 0.15) is 28.8 Å². The van der Waals surface area contributed by atoms with Crippen molar-refractivity contribution < 1.29 is 18.3 Å². The molecule has 1 aliphatic rings. The van der Waals surface area contributed by atoms with Gasteiger partial charge in [0.25, 0.3) is 0 Å². The van der Waals surface area contributed by atoms with Gasteiger partial charge in [0.15, 0.2) is 5.78 Å². The summed E-state index contributed by atoms with van der Waals surface area (Å²) in [7, 11) is 0. The molecule has 0 radical (unpaired) electrons. The number of halogens is 2. The van der Waals surface area contributed by atoms with Crippen LogP contribution >= 0.6 is 0 Å². The summed E-state index contributed by atoms with van der Waals surface area (Å²) in [5.41, 5.74) is 3.68. The molecule has 0 amide bonds. The molecule has 3 aromatic rings. The third-order valence-electron chi connectivity index (χ3n) is 6.07. The quantitative estimate of drug-likeness (QED) is 0.334. The van der Waals surface area contributed by atoms with E-state index in [2.05, 4.69) is 4.90 Å². The molecule has 166 valence electrons. The number of carbonyl (C=O) groups is 1. The Hall–Kier alpha value is -2.89. The van der Waals surface area contributed by atoms with Crippen LogP contribution in [0.5, 0.6) is 0 Å². The second-order valence-corrected chi connectivity index (χ2v) is 8.20. The molecule has 3 aromatic carbocycles. The maximum Gasteiger partial charge on any atom is 0.166 e. The highest BCUT2D eigenvalue weighted by Gasteiger charge is 2.25. The predicted octanol–water partition coefficient (Wildman–Crippen LogP) is 5.74. The first-order valence-corrected chi connectivity index (χ1v) is 11.0. The molecule has 3 nitrogen and oxygen atoms in total. The van der Waals surface area contributed by atoms with Crippen LogP contribution in [-0.2, 0) is 11.3 Å². The third kappa shape index (κ3) is 5.67. The number of likely N-dealkylation sites (tertiary alicyclic amines) is 1. The fourth-order valence-electron chi connectivity index (χ4n) is 4.20. The van der Waals surface area contributed by atoms with Gasteiger partial charge in [-0.15, -0.1) is 0 Å². The SMILES string of the molecule is O=C(c1ccc(F)cc1)C1CCN(CCOCc2ccccc2-c2ccc(F)cc2)CC1. The molecule has 0 N–H and O–H groups in total. The molecule has 0 aromatic heterocycles. The molecule has 1 saturated heterocycles. The van der Waals surface area contributed by atoms with Gasteiger partial charge in [-0.05, 0) is 79.0 Å². The lowest BCUT2D eigenvalue weighted by Crippen LogP contribution is -2.38. The van der Waals surface area contributed by atoms with Gasteiger partial charge in [0.2, 0.25) is 0 Å². The lowest BCUT2D eigenvalue weighted by Gasteiger charge is -2.31. The van der Waals surface area contributed by atoms with Crippen LogP contribution < -0.4 is 0 Å². The van der Waals surface area contributed by atoms with Crippen molar-refractivity contribution in [1.82, 2.24) is 4.90 Å². The van der Waals surface area contributed by atoms with Crippen LogP contribution in [0.4, 0.5) is 8.78 Å². The summed E-state index contributed by atoms with van der Waals surface area (Å²) in [6, 6.07) is 20.3.